The molecule has 6 atom stereocenters. The molecule has 0 radical (unpaired) electrons. The molecule has 258 valence electrons. The predicted molar refractivity (Wildman–Crippen MR) is 196 cm³/mol. The highest BCUT2D eigenvalue weighted by atomic mass is 16.5. The van der Waals surface area contributed by atoms with Gasteiger partial charge in [-0.25, -0.2) is 4.79 Å². The topological polar surface area (TPSA) is 65.1 Å². The van der Waals surface area contributed by atoms with Crippen molar-refractivity contribution >= 4 is 12.0 Å². The SMILES string of the molecule is CCCC[C@H](NC(=O)OC)[C@H](C)N1C=CC=CC(C(=O)N(CC)[C@H](Cc2ccccc2)CN(C)Cc2ccccc2)C1C1C=CC=CC1. The summed E-state index contributed by atoms with van der Waals surface area (Å²) in [5.74, 6) is -0.121. The first kappa shape index (κ1) is 36.7. The Morgan fingerprint density at radius 3 is 2.27 bits per heavy atom. The molecule has 2 aliphatic rings. The van der Waals surface area contributed by atoms with Crippen molar-refractivity contribution < 1.29 is 14.3 Å². The fourth-order valence-electron chi connectivity index (χ4n) is 7.25. The third kappa shape index (κ3) is 10.2. The Morgan fingerprint density at radius 2 is 1.65 bits per heavy atom. The van der Waals surface area contributed by atoms with Gasteiger partial charge in [-0.05, 0) is 63.6 Å². The maximum atomic E-state index is 15.1. The van der Waals surface area contributed by atoms with Crippen LogP contribution in [-0.2, 0) is 22.5 Å². The Kier molecular flexibility index (Phi) is 14.6. The summed E-state index contributed by atoms with van der Waals surface area (Å²) in [6, 6.07) is 20.7. The number of likely N-dealkylation sites (N-methyl/N-ethyl adjacent to an activating group) is 2. The number of benzene rings is 2. The van der Waals surface area contributed by atoms with Crippen molar-refractivity contribution in [2.75, 3.05) is 27.2 Å². The van der Waals surface area contributed by atoms with Gasteiger partial charge in [0, 0.05) is 37.6 Å². The number of methoxy groups -OCH3 is 1. The smallest absolute Gasteiger partial charge is 0.407 e. The van der Waals surface area contributed by atoms with Crippen LogP contribution in [0.2, 0.25) is 0 Å². The van der Waals surface area contributed by atoms with Crippen LogP contribution in [0.5, 0.6) is 0 Å². The maximum Gasteiger partial charge on any atom is 0.407 e. The monoisotopic (exact) mass is 652 g/mol. The lowest BCUT2D eigenvalue weighted by Gasteiger charge is -2.46. The Morgan fingerprint density at radius 1 is 0.958 bits per heavy atom. The average molecular weight is 653 g/mol. The molecule has 48 heavy (non-hydrogen) atoms. The second-order valence-corrected chi connectivity index (χ2v) is 13.2. The van der Waals surface area contributed by atoms with Crippen molar-refractivity contribution in [3.63, 3.8) is 0 Å². The Labute approximate surface area is 289 Å². The number of rotatable bonds is 16. The number of amides is 2. The van der Waals surface area contributed by atoms with E-state index in [1.54, 1.807) is 0 Å². The third-order valence-corrected chi connectivity index (χ3v) is 9.74. The summed E-state index contributed by atoms with van der Waals surface area (Å²) < 4.78 is 5.03. The normalized spacial score (nSPS) is 20.6. The number of ether oxygens (including phenoxy) is 1. The van der Waals surface area contributed by atoms with Crippen molar-refractivity contribution in [2.45, 2.75) is 83.6 Å². The van der Waals surface area contributed by atoms with Gasteiger partial charge in [0.1, 0.15) is 0 Å². The lowest BCUT2D eigenvalue weighted by atomic mass is 9.81. The molecule has 2 aromatic rings. The van der Waals surface area contributed by atoms with Gasteiger partial charge in [0.2, 0.25) is 5.91 Å². The van der Waals surface area contributed by atoms with Gasteiger partial charge in [0.25, 0.3) is 0 Å². The van der Waals surface area contributed by atoms with Gasteiger partial charge < -0.3 is 24.8 Å². The standard InChI is InChI=1S/C41H56N4O3/c1-6-8-27-38(42-41(47)48-5)32(3)45-28-19-18-26-37(39(45)35-24-16-11-17-25-35)40(46)44(7-2)36(29-33-20-12-9-13-21-33)31-43(4)30-34-22-14-10-15-23-34/h9-24,26,28,32,35-39H,6-8,25,27,29-31H2,1-5H3,(H,42,47)/t32-,35?,36+,37?,38-,39?/m0/s1. The molecule has 3 unspecified atom stereocenters. The maximum absolute atomic E-state index is 15.1. The highest BCUT2D eigenvalue weighted by Gasteiger charge is 2.42. The molecule has 4 rings (SSSR count). The zero-order chi connectivity index (χ0) is 34.3. The van der Waals surface area contributed by atoms with Crippen molar-refractivity contribution in [1.29, 1.82) is 0 Å². The van der Waals surface area contributed by atoms with E-state index in [2.05, 4.69) is 133 Å². The summed E-state index contributed by atoms with van der Waals surface area (Å²) >= 11 is 0. The van der Waals surface area contributed by atoms with Gasteiger partial charge in [-0.1, -0.05) is 117 Å². The Hall–Kier alpha value is -4.10. The molecule has 7 nitrogen and oxygen atoms in total. The molecule has 0 aromatic heterocycles. The van der Waals surface area contributed by atoms with E-state index < -0.39 is 6.09 Å². The number of unbranched alkanes of at least 4 members (excludes halogenated alkanes) is 1. The van der Waals surface area contributed by atoms with Crippen LogP contribution < -0.4 is 5.32 Å². The molecule has 7 heteroatoms. The molecule has 0 bridgehead atoms. The van der Waals surface area contributed by atoms with E-state index in [1.165, 1.54) is 18.2 Å². The van der Waals surface area contributed by atoms with E-state index >= 15 is 4.79 Å². The first-order chi connectivity index (χ1) is 23.4. The van der Waals surface area contributed by atoms with Crippen LogP contribution in [0.1, 0.15) is 57.6 Å². The quantitative estimate of drug-likeness (QED) is 0.205. The number of hydrogen-bond donors (Lipinski definition) is 1. The highest BCUT2D eigenvalue weighted by molar-refractivity contribution is 5.82. The van der Waals surface area contributed by atoms with Crippen LogP contribution in [0.4, 0.5) is 4.79 Å². The molecule has 1 aliphatic carbocycles. The average Bonchev–Trinajstić information content (AvgIpc) is 3.34. The minimum atomic E-state index is -0.426. The Bertz CT molecular complexity index is 1390. The summed E-state index contributed by atoms with van der Waals surface area (Å²) in [7, 11) is 3.56. The molecule has 0 saturated heterocycles. The molecule has 1 N–H and O–H groups in total. The lowest BCUT2D eigenvalue weighted by molar-refractivity contribution is -0.139. The first-order valence-corrected chi connectivity index (χ1v) is 17.7. The van der Waals surface area contributed by atoms with E-state index in [1.807, 2.05) is 24.3 Å². The van der Waals surface area contributed by atoms with Crippen molar-refractivity contribution in [1.82, 2.24) is 20.0 Å². The lowest BCUT2D eigenvalue weighted by Crippen LogP contribution is -2.58. The van der Waals surface area contributed by atoms with Gasteiger partial charge >= 0.3 is 6.09 Å². The van der Waals surface area contributed by atoms with Crippen LogP contribution >= 0.6 is 0 Å². The molecular formula is C41H56N4O3. The predicted octanol–water partition coefficient (Wildman–Crippen LogP) is 7.38. The summed E-state index contributed by atoms with van der Waals surface area (Å²) in [5.41, 5.74) is 2.48. The number of nitrogens with one attached hydrogen (secondary N) is 1. The number of alkyl carbamates (subject to hydrolysis) is 1. The van der Waals surface area contributed by atoms with Gasteiger partial charge in [0.15, 0.2) is 0 Å². The molecular weight excluding hydrogens is 596 g/mol. The fourth-order valence-corrected chi connectivity index (χ4v) is 7.25. The molecule has 0 spiro atoms. The van der Waals surface area contributed by atoms with Crippen LogP contribution in [-0.4, -0.2) is 78.1 Å². The minimum absolute atomic E-state index is 0.0187. The molecule has 0 fully saturated rings. The van der Waals surface area contributed by atoms with Gasteiger partial charge in [-0.2, -0.15) is 0 Å². The van der Waals surface area contributed by atoms with Crippen LogP contribution in [0.25, 0.3) is 0 Å². The van der Waals surface area contributed by atoms with E-state index in [0.29, 0.717) is 6.54 Å². The number of carbonyl (C=O) groups excluding carboxylic acids is 2. The van der Waals surface area contributed by atoms with E-state index in [-0.39, 0.29) is 41.9 Å². The highest BCUT2D eigenvalue weighted by Crippen LogP contribution is 2.34. The summed E-state index contributed by atoms with van der Waals surface area (Å²) in [5, 5.41) is 3.12. The molecule has 1 heterocycles. The van der Waals surface area contributed by atoms with Gasteiger partial charge in [0.05, 0.1) is 25.1 Å². The molecule has 2 aromatic carbocycles. The first-order valence-electron chi connectivity index (χ1n) is 17.7. The second kappa shape index (κ2) is 19.0. The van der Waals surface area contributed by atoms with Crippen LogP contribution in [0.3, 0.4) is 0 Å². The number of nitrogens with zero attached hydrogens (tertiary/aromatic N) is 3. The number of carbonyl (C=O) groups is 2. The molecule has 2 amide bonds. The second-order valence-electron chi connectivity index (χ2n) is 13.2. The molecule has 1 aliphatic heterocycles. The van der Waals surface area contributed by atoms with Crippen molar-refractivity contribution in [2.24, 2.45) is 11.8 Å². The zero-order valence-electron chi connectivity index (χ0n) is 29.6. The van der Waals surface area contributed by atoms with Crippen molar-refractivity contribution in [3.8, 4) is 0 Å². The number of allylic oxidation sites excluding steroid dienone is 5. The fraction of sp³-hybridized carbons (Fsp3) is 0.463. The third-order valence-electron chi connectivity index (χ3n) is 9.74. The van der Waals surface area contributed by atoms with E-state index in [0.717, 1.165) is 45.2 Å². The van der Waals surface area contributed by atoms with E-state index in [9.17, 15) is 4.79 Å². The summed E-state index contributed by atoms with van der Waals surface area (Å²) in [6.07, 6.45) is 21.0. The van der Waals surface area contributed by atoms with E-state index in [4.69, 9.17) is 4.74 Å². The van der Waals surface area contributed by atoms with Crippen LogP contribution in [0.15, 0.2) is 109 Å². The minimum Gasteiger partial charge on any atom is -0.453 e. The van der Waals surface area contributed by atoms with Gasteiger partial charge in [-0.3, -0.25) is 4.79 Å². The number of hydrogen-bond acceptors (Lipinski definition) is 5. The molecule has 0 saturated carbocycles. The Balaban J connectivity index is 1.68. The zero-order valence-corrected chi connectivity index (χ0v) is 29.6. The van der Waals surface area contributed by atoms with Crippen LogP contribution in [0, 0.1) is 11.8 Å². The van der Waals surface area contributed by atoms with Gasteiger partial charge in [-0.15, -0.1) is 0 Å². The largest absolute Gasteiger partial charge is 0.453 e. The summed E-state index contributed by atoms with van der Waals surface area (Å²) in [6.45, 7) is 8.60. The van der Waals surface area contributed by atoms with Crippen molar-refractivity contribution in [3.05, 3.63) is 121 Å². The summed E-state index contributed by atoms with van der Waals surface area (Å²) in [4.78, 5) is 34.4.